The van der Waals surface area contributed by atoms with Gasteiger partial charge in [0.15, 0.2) is 11.7 Å². The van der Waals surface area contributed by atoms with E-state index in [1.807, 2.05) is 0 Å². The van der Waals surface area contributed by atoms with Crippen LogP contribution in [0.4, 0.5) is 18.9 Å². The summed E-state index contributed by atoms with van der Waals surface area (Å²) in [5.41, 5.74) is 5.91. The Hall–Kier alpha value is -1.23. The van der Waals surface area contributed by atoms with Gasteiger partial charge in [0.2, 0.25) is 0 Å². The van der Waals surface area contributed by atoms with E-state index in [0.29, 0.717) is 12.5 Å². The number of anilines is 1. The molecule has 9 heteroatoms. The van der Waals surface area contributed by atoms with Crippen molar-refractivity contribution >= 4 is 35.6 Å². The first-order valence-electron chi connectivity index (χ1n) is 7.44. The minimum absolute atomic E-state index is 0. The Balaban J connectivity index is 0.00000288. The van der Waals surface area contributed by atoms with Crippen LogP contribution in [-0.2, 0) is 0 Å². The summed E-state index contributed by atoms with van der Waals surface area (Å²) in [6, 6.07) is 5.73. The zero-order valence-corrected chi connectivity index (χ0v) is 15.7. The van der Waals surface area contributed by atoms with E-state index in [1.165, 1.54) is 18.2 Å². The Morgan fingerprint density at radius 3 is 2.79 bits per heavy atom. The standard InChI is InChI=1S/C15H21F3N4O.HI/c1-22-8-4-5-11(10-22)9-20-14(19)21-12-6-2-3-7-13(12)23-15(16,17)18;/h2-3,6-7,11H,4-5,8-10H2,1H3,(H3,19,20,21);1H. The SMILES string of the molecule is CN1CCCC(CN=C(N)Nc2ccccc2OC(F)(F)F)C1.I. The Bertz CT molecular complexity index is 554. The summed E-state index contributed by atoms with van der Waals surface area (Å²) in [4.78, 5) is 6.47. The van der Waals surface area contributed by atoms with Crippen molar-refractivity contribution in [3.05, 3.63) is 24.3 Å². The highest BCUT2D eigenvalue weighted by Crippen LogP contribution is 2.29. The largest absolute Gasteiger partial charge is 0.573 e. The van der Waals surface area contributed by atoms with Crippen molar-refractivity contribution in [3.63, 3.8) is 0 Å². The second kappa shape index (κ2) is 9.30. The minimum atomic E-state index is -4.75. The number of alkyl halides is 3. The Morgan fingerprint density at radius 2 is 2.12 bits per heavy atom. The average molecular weight is 458 g/mol. The number of hydrogen-bond donors (Lipinski definition) is 2. The molecule has 2 rings (SSSR count). The topological polar surface area (TPSA) is 62.9 Å². The fourth-order valence-corrected chi connectivity index (χ4v) is 2.61. The van der Waals surface area contributed by atoms with Crippen LogP contribution in [0.1, 0.15) is 12.8 Å². The number of rotatable bonds is 4. The van der Waals surface area contributed by atoms with E-state index in [-0.39, 0.29) is 41.4 Å². The van der Waals surface area contributed by atoms with E-state index in [2.05, 4.69) is 27.0 Å². The quantitative estimate of drug-likeness (QED) is 0.413. The van der Waals surface area contributed by atoms with Gasteiger partial charge in [0.1, 0.15) is 0 Å². The number of aliphatic imine (C=N–C) groups is 1. The van der Waals surface area contributed by atoms with Gasteiger partial charge in [-0.15, -0.1) is 37.1 Å². The number of para-hydroxylation sites is 2. The molecule has 0 aliphatic carbocycles. The summed E-state index contributed by atoms with van der Waals surface area (Å²) in [5.74, 6) is 0.155. The molecule has 1 saturated heterocycles. The van der Waals surface area contributed by atoms with E-state index < -0.39 is 6.36 Å². The minimum Gasteiger partial charge on any atom is -0.404 e. The first-order valence-corrected chi connectivity index (χ1v) is 7.44. The molecule has 1 heterocycles. The van der Waals surface area contributed by atoms with Gasteiger partial charge in [-0.2, -0.15) is 0 Å². The summed E-state index contributed by atoms with van der Waals surface area (Å²) in [7, 11) is 2.06. The van der Waals surface area contributed by atoms with Crippen LogP contribution in [0.2, 0.25) is 0 Å². The lowest BCUT2D eigenvalue weighted by Crippen LogP contribution is -2.34. The summed E-state index contributed by atoms with van der Waals surface area (Å²) in [6.45, 7) is 2.58. The third-order valence-electron chi connectivity index (χ3n) is 3.62. The molecular formula is C15H22F3IN4O. The second-order valence-electron chi connectivity index (χ2n) is 5.67. The molecule has 1 unspecified atom stereocenters. The Kier molecular flexibility index (Phi) is 8.07. The molecule has 0 bridgehead atoms. The van der Waals surface area contributed by atoms with E-state index in [0.717, 1.165) is 25.9 Å². The lowest BCUT2D eigenvalue weighted by Gasteiger charge is -2.28. The van der Waals surface area contributed by atoms with Crippen LogP contribution < -0.4 is 15.8 Å². The van der Waals surface area contributed by atoms with Crippen molar-refractivity contribution in [1.29, 1.82) is 0 Å². The van der Waals surface area contributed by atoms with Gasteiger partial charge in [0.05, 0.1) is 5.69 Å². The van der Waals surface area contributed by atoms with Crippen LogP contribution in [0.15, 0.2) is 29.3 Å². The third kappa shape index (κ3) is 7.12. The maximum absolute atomic E-state index is 12.4. The third-order valence-corrected chi connectivity index (χ3v) is 3.62. The fourth-order valence-electron chi connectivity index (χ4n) is 2.61. The molecule has 24 heavy (non-hydrogen) atoms. The summed E-state index contributed by atoms with van der Waals surface area (Å²) in [5, 5.41) is 2.67. The van der Waals surface area contributed by atoms with Gasteiger partial charge in [0, 0.05) is 13.1 Å². The first kappa shape index (κ1) is 20.8. The first-order chi connectivity index (χ1) is 10.8. The molecule has 1 aliphatic heterocycles. The number of benzene rings is 1. The van der Waals surface area contributed by atoms with Crippen molar-refractivity contribution in [3.8, 4) is 5.75 Å². The molecule has 0 spiro atoms. The van der Waals surface area contributed by atoms with Crippen molar-refractivity contribution in [2.75, 3.05) is 32.0 Å². The van der Waals surface area contributed by atoms with Gasteiger partial charge in [-0.25, -0.2) is 0 Å². The molecule has 0 amide bonds. The maximum atomic E-state index is 12.4. The predicted molar refractivity (Wildman–Crippen MR) is 98.9 cm³/mol. The monoisotopic (exact) mass is 458 g/mol. The molecule has 0 saturated carbocycles. The number of halogens is 4. The number of hydrogen-bond acceptors (Lipinski definition) is 3. The van der Waals surface area contributed by atoms with Crippen LogP contribution >= 0.6 is 24.0 Å². The van der Waals surface area contributed by atoms with Crippen molar-refractivity contribution in [2.24, 2.45) is 16.6 Å². The number of nitrogens with two attached hydrogens (primary N) is 1. The summed E-state index contributed by atoms with van der Waals surface area (Å²) in [6.07, 6.45) is -2.56. The van der Waals surface area contributed by atoms with E-state index in [1.54, 1.807) is 6.07 Å². The zero-order valence-electron chi connectivity index (χ0n) is 13.3. The van der Waals surface area contributed by atoms with E-state index >= 15 is 0 Å². The highest BCUT2D eigenvalue weighted by Gasteiger charge is 2.32. The van der Waals surface area contributed by atoms with Gasteiger partial charge < -0.3 is 20.7 Å². The molecule has 1 atom stereocenters. The number of nitrogens with zero attached hydrogens (tertiary/aromatic N) is 2. The Morgan fingerprint density at radius 1 is 1.42 bits per heavy atom. The van der Waals surface area contributed by atoms with Crippen LogP contribution in [0.5, 0.6) is 5.75 Å². The molecule has 1 aromatic rings. The number of nitrogens with one attached hydrogen (secondary N) is 1. The van der Waals surface area contributed by atoms with Gasteiger partial charge in [-0.05, 0) is 44.5 Å². The van der Waals surface area contributed by atoms with E-state index in [9.17, 15) is 13.2 Å². The summed E-state index contributed by atoms with van der Waals surface area (Å²) >= 11 is 0. The number of piperidine rings is 1. The van der Waals surface area contributed by atoms with Crippen molar-refractivity contribution in [1.82, 2.24) is 4.90 Å². The molecule has 1 aliphatic rings. The molecular weight excluding hydrogens is 436 g/mol. The van der Waals surface area contributed by atoms with Crippen LogP contribution in [0.3, 0.4) is 0 Å². The number of guanidine groups is 1. The lowest BCUT2D eigenvalue weighted by molar-refractivity contribution is -0.274. The zero-order chi connectivity index (χ0) is 16.9. The molecule has 136 valence electrons. The van der Waals surface area contributed by atoms with Crippen molar-refractivity contribution in [2.45, 2.75) is 19.2 Å². The molecule has 3 N–H and O–H groups in total. The summed E-state index contributed by atoms with van der Waals surface area (Å²) < 4.78 is 41.1. The molecule has 0 radical (unpaired) electrons. The maximum Gasteiger partial charge on any atom is 0.573 e. The highest BCUT2D eigenvalue weighted by molar-refractivity contribution is 14.0. The molecule has 1 fully saturated rings. The second-order valence-corrected chi connectivity index (χ2v) is 5.67. The smallest absolute Gasteiger partial charge is 0.404 e. The number of ether oxygens (including phenoxy) is 1. The van der Waals surface area contributed by atoms with Gasteiger partial charge in [-0.1, -0.05) is 12.1 Å². The lowest BCUT2D eigenvalue weighted by atomic mass is 9.99. The average Bonchev–Trinajstić information content (AvgIpc) is 2.46. The van der Waals surface area contributed by atoms with Crippen LogP contribution in [-0.4, -0.2) is 43.9 Å². The van der Waals surface area contributed by atoms with Crippen LogP contribution in [0.25, 0.3) is 0 Å². The van der Waals surface area contributed by atoms with Gasteiger partial charge in [-0.3, -0.25) is 4.99 Å². The normalized spacial score (nSPS) is 19.5. The molecule has 5 nitrogen and oxygen atoms in total. The van der Waals surface area contributed by atoms with Gasteiger partial charge >= 0.3 is 6.36 Å². The number of likely N-dealkylation sites (tertiary alicyclic amines) is 1. The Labute approximate surface area is 156 Å². The van der Waals surface area contributed by atoms with E-state index in [4.69, 9.17) is 5.73 Å². The fraction of sp³-hybridized carbons (Fsp3) is 0.533. The molecule has 0 aromatic heterocycles. The van der Waals surface area contributed by atoms with Crippen molar-refractivity contribution < 1.29 is 17.9 Å². The predicted octanol–water partition coefficient (Wildman–Crippen LogP) is 3.27. The highest BCUT2D eigenvalue weighted by atomic mass is 127. The molecule has 1 aromatic carbocycles. The van der Waals surface area contributed by atoms with Crippen LogP contribution in [0, 0.1) is 5.92 Å². The van der Waals surface area contributed by atoms with Gasteiger partial charge in [0.25, 0.3) is 0 Å².